The molecule has 2 heterocycles. The molecule has 0 unspecified atom stereocenters. The minimum Gasteiger partial charge on any atom is -0.273 e. The van der Waals surface area contributed by atoms with Crippen molar-refractivity contribution in [2.24, 2.45) is 0 Å². The fraction of sp³-hybridized carbons (Fsp3) is 0.545. The number of hydrogen-bond acceptors (Lipinski definition) is 3. The molecule has 2 rings (SSSR count). The Bertz CT molecular complexity index is 304. The van der Waals surface area contributed by atoms with Crippen molar-refractivity contribution < 1.29 is 9.63 Å². The number of rotatable bonds is 4. The van der Waals surface area contributed by atoms with Gasteiger partial charge < -0.3 is 0 Å². The van der Waals surface area contributed by atoms with Crippen molar-refractivity contribution in [3.05, 3.63) is 22.4 Å². The quantitative estimate of drug-likeness (QED) is 0.786. The minimum absolute atomic E-state index is 0.129. The number of carbonyl (C=O) groups excluding carboxylic acids is 1. The van der Waals surface area contributed by atoms with Crippen molar-refractivity contribution in [3.63, 3.8) is 0 Å². The molecule has 0 radical (unpaired) electrons. The maximum Gasteiger partial charge on any atom is 0.246 e. The summed E-state index contributed by atoms with van der Waals surface area (Å²) >= 11 is 1.75. The monoisotopic (exact) mass is 225 g/mol. The van der Waals surface area contributed by atoms with E-state index in [1.807, 2.05) is 6.07 Å². The zero-order chi connectivity index (χ0) is 10.5. The molecule has 82 valence electrons. The molecule has 3 nitrogen and oxygen atoms in total. The van der Waals surface area contributed by atoms with Crippen LogP contribution in [0.15, 0.2) is 17.5 Å². The first-order valence-corrected chi connectivity index (χ1v) is 6.20. The third-order valence-electron chi connectivity index (χ3n) is 2.42. The molecule has 1 aromatic rings. The molecule has 0 atom stereocenters. The molecule has 0 aromatic carbocycles. The Morgan fingerprint density at radius 2 is 2.53 bits per heavy atom. The third kappa shape index (κ3) is 3.04. The molecule has 0 saturated carbocycles. The van der Waals surface area contributed by atoms with Crippen LogP contribution >= 0.6 is 11.3 Å². The van der Waals surface area contributed by atoms with Gasteiger partial charge in [0.15, 0.2) is 0 Å². The molecule has 0 N–H and O–H groups in total. The van der Waals surface area contributed by atoms with E-state index in [1.165, 1.54) is 9.94 Å². The molecule has 1 amide bonds. The van der Waals surface area contributed by atoms with E-state index in [0.717, 1.165) is 25.8 Å². The summed E-state index contributed by atoms with van der Waals surface area (Å²) in [5.74, 6) is 0.129. The molecule has 15 heavy (non-hydrogen) atoms. The van der Waals surface area contributed by atoms with E-state index in [-0.39, 0.29) is 5.91 Å². The van der Waals surface area contributed by atoms with Gasteiger partial charge in [-0.3, -0.25) is 9.63 Å². The Labute approximate surface area is 93.6 Å². The van der Waals surface area contributed by atoms with Crippen LogP contribution in [-0.2, 0) is 16.1 Å². The molecule has 1 fully saturated rings. The SMILES string of the molecule is O=C(CCCc1cccs1)N1CCCO1. The second kappa shape index (κ2) is 5.28. The average molecular weight is 225 g/mol. The largest absolute Gasteiger partial charge is 0.273 e. The lowest BCUT2D eigenvalue weighted by Crippen LogP contribution is -2.26. The van der Waals surface area contributed by atoms with E-state index in [1.54, 1.807) is 11.3 Å². The average Bonchev–Trinajstić information content (AvgIpc) is 2.90. The first-order valence-electron chi connectivity index (χ1n) is 5.32. The van der Waals surface area contributed by atoms with Crippen LogP contribution in [0, 0.1) is 0 Å². The van der Waals surface area contributed by atoms with Crippen molar-refractivity contribution in [1.82, 2.24) is 5.06 Å². The second-order valence-corrected chi connectivity index (χ2v) is 4.65. The minimum atomic E-state index is 0.129. The van der Waals surface area contributed by atoms with Crippen molar-refractivity contribution in [3.8, 4) is 0 Å². The van der Waals surface area contributed by atoms with Crippen LogP contribution in [0.5, 0.6) is 0 Å². The van der Waals surface area contributed by atoms with Gasteiger partial charge in [-0.15, -0.1) is 11.3 Å². The second-order valence-electron chi connectivity index (χ2n) is 3.62. The fourth-order valence-electron chi connectivity index (χ4n) is 1.64. The van der Waals surface area contributed by atoms with E-state index in [0.29, 0.717) is 13.0 Å². The van der Waals surface area contributed by atoms with E-state index < -0.39 is 0 Å². The molecule has 1 aliphatic heterocycles. The van der Waals surface area contributed by atoms with Gasteiger partial charge in [0.2, 0.25) is 5.91 Å². The highest BCUT2D eigenvalue weighted by Crippen LogP contribution is 2.13. The van der Waals surface area contributed by atoms with E-state index >= 15 is 0 Å². The lowest BCUT2D eigenvalue weighted by Gasteiger charge is -2.13. The molecule has 1 aliphatic rings. The third-order valence-corrected chi connectivity index (χ3v) is 3.36. The van der Waals surface area contributed by atoms with Crippen LogP contribution in [0.2, 0.25) is 0 Å². The number of nitrogens with zero attached hydrogens (tertiary/aromatic N) is 1. The van der Waals surface area contributed by atoms with Crippen LogP contribution in [0.4, 0.5) is 0 Å². The molecule has 4 heteroatoms. The van der Waals surface area contributed by atoms with Gasteiger partial charge in [0.05, 0.1) is 13.2 Å². The zero-order valence-electron chi connectivity index (χ0n) is 8.65. The molecular formula is C11H15NO2S. The van der Waals surface area contributed by atoms with Crippen molar-refractivity contribution in [2.45, 2.75) is 25.7 Å². The summed E-state index contributed by atoms with van der Waals surface area (Å²) in [6.45, 7) is 1.45. The first-order chi connectivity index (χ1) is 7.36. The molecule has 0 spiro atoms. The topological polar surface area (TPSA) is 29.5 Å². The Balaban J connectivity index is 1.67. The van der Waals surface area contributed by atoms with Gasteiger partial charge in [-0.05, 0) is 30.7 Å². The van der Waals surface area contributed by atoms with Gasteiger partial charge >= 0.3 is 0 Å². The predicted molar refractivity (Wildman–Crippen MR) is 59.5 cm³/mol. The van der Waals surface area contributed by atoms with Crippen LogP contribution in [0.1, 0.15) is 24.1 Å². The van der Waals surface area contributed by atoms with Crippen LogP contribution in [0.3, 0.4) is 0 Å². The maximum atomic E-state index is 11.6. The highest BCUT2D eigenvalue weighted by Gasteiger charge is 2.18. The zero-order valence-corrected chi connectivity index (χ0v) is 9.46. The summed E-state index contributed by atoms with van der Waals surface area (Å²) in [7, 11) is 0. The first kappa shape index (κ1) is 10.6. The molecule has 1 saturated heterocycles. The number of aryl methyl sites for hydroxylation is 1. The normalized spacial score (nSPS) is 15.9. The van der Waals surface area contributed by atoms with Gasteiger partial charge in [0, 0.05) is 11.3 Å². The van der Waals surface area contributed by atoms with E-state index in [4.69, 9.17) is 4.84 Å². The van der Waals surface area contributed by atoms with E-state index in [9.17, 15) is 4.79 Å². The Kier molecular flexibility index (Phi) is 3.75. The Morgan fingerprint density at radius 1 is 1.60 bits per heavy atom. The number of hydrogen-bond donors (Lipinski definition) is 0. The highest BCUT2D eigenvalue weighted by atomic mass is 32.1. The van der Waals surface area contributed by atoms with Crippen molar-refractivity contribution in [2.75, 3.05) is 13.2 Å². The molecule has 0 bridgehead atoms. The summed E-state index contributed by atoms with van der Waals surface area (Å²) in [4.78, 5) is 18.1. The number of amides is 1. The van der Waals surface area contributed by atoms with Crippen LogP contribution in [-0.4, -0.2) is 24.1 Å². The highest BCUT2D eigenvalue weighted by molar-refractivity contribution is 7.09. The van der Waals surface area contributed by atoms with Crippen molar-refractivity contribution >= 4 is 17.2 Å². The number of hydroxylamine groups is 2. The Morgan fingerprint density at radius 3 is 3.20 bits per heavy atom. The predicted octanol–water partition coefficient (Wildman–Crippen LogP) is 2.23. The van der Waals surface area contributed by atoms with Gasteiger partial charge in [-0.25, -0.2) is 5.06 Å². The maximum absolute atomic E-state index is 11.6. The lowest BCUT2D eigenvalue weighted by atomic mass is 10.2. The summed E-state index contributed by atoms with van der Waals surface area (Å²) < 4.78 is 0. The molecule has 0 aliphatic carbocycles. The summed E-state index contributed by atoms with van der Waals surface area (Å²) in [6, 6.07) is 4.16. The fourth-order valence-corrected chi connectivity index (χ4v) is 2.39. The van der Waals surface area contributed by atoms with Crippen LogP contribution < -0.4 is 0 Å². The summed E-state index contributed by atoms with van der Waals surface area (Å²) in [5, 5.41) is 3.58. The van der Waals surface area contributed by atoms with Crippen LogP contribution in [0.25, 0.3) is 0 Å². The van der Waals surface area contributed by atoms with Gasteiger partial charge in [0.25, 0.3) is 0 Å². The standard InChI is InChI=1S/C11H15NO2S/c13-11(12-7-3-8-14-12)6-1-4-10-5-2-9-15-10/h2,5,9H,1,3-4,6-8H2. The number of thiophene rings is 1. The van der Waals surface area contributed by atoms with Gasteiger partial charge in [-0.2, -0.15) is 0 Å². The lowest BCUT2D eigenvalue weighted by molar-refractivity contribution is -0.168. The summed E-state index contributed by atoms with van der Waals surface area (Å²) in [5.41, 5.74) is 0. The van der Waals surface area contributed by atoms with Gasteiger partial charge in [0.1, 0.15) is 0 Å². The van der Waals surface area contributed by atoms with Crippen molar-refractivity contribution in [1.29, 1.82) is 0 Å². The molecular weight excluding hydrogens is 210 g/mol. The molecule has 1 aromatic heterocycles. The Hall–Kier alpha value is -0.870. The summed E-state index contributed by atoms with van der Waals surface area (Å²) in [6.07, 6.45) is 3.48. The smallest absolute Gasteiger partial charge is 0.246 e. The van der Waals surface area contributed by atoms with Gasteiger partial charge in [-0.1, -0.05) is 6.07 Å². The number of carbonyl (C=O) groups is 1. The van der Waals surface area contributed by atoms with E-state index in [2.05, 4.69) is 11.4 Å².